The first-order valence-electron chi connectivity index (χ1n) is 8.66. The number of nitrogens with zero attached hydrogens (tertiary/aromatic N) is 2. The lowest BCUT2D eigenvalue weighted by Crippen LogP contribution is -2.43. The van der Waals surface area contributed by atoms with Gasteiger partial charge in [-0.25, -0.2) is 0 Å². The van der Waals surface area contributed by atoms with Gasteiger partial charge in [0.25, 0.3) is 5.91 Å². The van der Waals surface area contributed by atoms with Crippen molar-refractivity contribution in [3.05, 3.63) is 54.4 Å². The standard InChI is InChI=1S/C20H24N2O4/c1-16-6-3-4-8-18(16)26-15-20(24-2)9-11-22(14-20)19(23)13-25-17-7-5-10-21-12-17/h3-8,10,12H,9,11,13-15H2,1-2H3/t20-/m0/s1. The molecule has 1 saturated heterocycles. The highest BCUT2D eigenvalue weighted by atomic mass is 16.5. The Morgan fingerprint density at radius 3 is 2.81 bits per heavy atom. The molecule has 2 aromatic rings. The summed E-state index contributed by atoms with van der Waals surface area (Å²) in [4.78, 5) is 18.2. The second kappa shape index (κ2) is 8.19. The smallest absolute Gasteiger partial charge is 0.260 e. The van der Waals surface area contributed by atoms with Crippen LogP contribution in [0, 0.1) is 6.92 Å². The molecule has 0 spiro atoms. The minimum atomic E-state index is -0.494. The second-order valence-corrected chi connectivity index (χ2v) is 6.48. The molecule has 0 radical (unpaired) electrons. The zero-order valence-corrected chi connectivity index (χ0v) is 15.2. The maximum Gasteiger partial charge on any atom is 0.260 e. The number of amides is 1. The van der Waals surface area contributed by atoms with Gasteiger partial charge in [-0.05, 0) is 37.1 Å². The average molecular weight is 356 g/mol. The summed E-state index contributed by atoms with van der Waals surface area (Å²) in [5.74, 6) is 1.36. The van der Waals surface area contributed by atoms with Crippen LogP contribution in [-0.4, -0.2) is 54.8 Å². The summed E-state index contributed by atoms with van der Waals surface area (Å²) in [5.41, 5.74) is 0.584. The fraction of sp³-hybridized carbons (Fsp3) is 0.400. The van der Waals surface area contributed by atoms with Crippen LogP contribution >= 0.6 is 0 Å². The monoisotopic (exact) mass is 356 g/mol. The summed E-state index contributed by atoms with van der Waals surface area (Å²) in [7, 11) is 1.67. The van der Waals surface area contributed by atoms with Crippen molar-refractivity contribution in [1.82, 2.24) is 9.88 Å². The number of likely N-dealkylation sites (tertiary alicyclic amines) is 1. The Balaban J connectivity index is 1.54. The Bertz CT molecular complexity index is 738. The maximum absolute atomic E-state index is 12.4. The quantitative estimate of drug-likeness (QED) is 0.763. The molecule has 0 N–H and O–H groups in total. The normalized spacial score (nSPS) is 19.4. The van der Waals surface area contributed by atoms with Crippen molar-refractivity contribution in [2.24, 2.45) is 0 Å². The van der Waals surface area contributed by atoms with Crippen molar-refractivity contribution in [3.63, 3.8) is 0 Å². The van der Waals surface area contributed by atoms with Gasteiger partial charge in [0.2, 0.25) is 0 Å². The van der Waals surface area contributed by atoms with Crippen LogP contribution in [0.2, 0.25) is 0 Å². The first-order chi connectivity index (χ1) is 12.6. The number of ether oxygens (including phenoxy) is 3. The van der Waals surface area contributed by atoms with Crippen LogP contribution < -0.4 is 9.47 Å². The molecule has 3 rings (SSSR count). The molecular weight excluding hydrogens is 332 g/mol. The molecule has 138 valence electrons. The van der Waals surface area contributed by atoms with E-state index in [4.69, 9.17) is 14.2 Å². The van der Waals surface area contributed by atoms with Crippen molar-refractivity contribution in [1.29, 1.82) is 0 Å². The summed E-state index contributed by atoms with van der Waals surface area (Å²) in [5, 5.41) is 0. The summed E-state index contributed by atoms with van der Waals surface area (Å²) in [6.45, 7) is 3.52. The summed E-state index contributed by atoms with van der Waals surface area (Å²) in [6, 6.07) is 11.4. The summed E-state index contributed by atoms with van der Waals surface area (Å²) >= 11 is 0. The van der Waals surface area contributed by atoms with Gasteiger partial charge < -0.3 is 19.1 Å². The predicted octanol–water partition coefficient (Wildman–Crippen LogP) is 2.47. The van der Waals surface area contributed by atoms with Crippen LogP contribution in [0.1, 0.15) is 12.0 Å². The molecular formula is C20H24N2O4. The number of hydrogen-bond donors (Lipinski definition) is 0. The number of hydrogen-bond acceptors (Lipinski definition) is 5. The fourth-order valence-electron chi connectivity index (χ4n) is 3.00. The van der Waals surface area contributed by atoms with Gasteiger partial charge >= 0.3 is 0 Å². The van der Waals surface area contributed by atoms with Crippen molar-refractivity contribution in [2.75, 3.05) is 33.4 Å². The number of rotatable bonds is 7. The highest BCUT2D eigenvalue weighted by Gasteiger charge is 2.41. The number of aromatic nitrogens is 1. The molecule has 1 amide bonds. The number of methoxy groups -OCH3 is 1. The van der Waals surface area contributed by atoms with E-state index in [1.54, 1.807) is 36.5 Å². The molecule has 6 nitrogen and oxygen atoms in total. The van der Waals surface area contributed by atoms with Gasteiger partial charge in [0.15, 0.2) is 6.61 Å². The lowest BCUT2D eigenvalue weighted by molar-refractivity contribution is -0.134. The molecule has 1 aliphatic heterocycles. The molecule has 1 fully saturated rings. The van der Waals surface area contributed by atoms with Gasteiger partial charge in [0, 0.05) is 19.9 Å². The van der Waals surface area contributed by atoms with E-state index < -0.39 is 5.60 Å². The van der Waals surface area contributed by atoms with Crippen LogP contribution in [0.25, 0.3) is 0 Å². The highest BCUT2D eigenvalue weighted by molar-refractivity contribution is 5.78. The molecule has 1 atom stereocenters. The van der Waals surface area contributed by atoms with E-state index in [0.29, 0.717) is 25.4 Å². The number of carbonyl (C=O) groups is 1. The molecule has 0 unspecified atom stereocenters. The Kier molecular flexibility index (Phi) is 5.73. The molecule has 1 aliphatic rings. The van der Waals surface area contributed by atoms with Gasteiger partial charge in [0.05, 0.1) is 12.7 Å². The van der Waals surface area contributed by atoms with E-state index in [9.17, 15) is 4.79 Å². The zero-order chi connectivity index (χ0) is 18.4. The number of benzene rings is 1. The van der Waals surface area contributed by atoms with E-state index in [1.807, 2.05) is 31.2 Å². The Labute approximate surface area is 153 Å². The van der Waals surface area contributed by atoms with E-state index >= 15 is 0 Å². The lowest BCUT2D eigenvalue weighted by Gasteiger charge is -2.28. The third kappa shape index (κ3) is 4.32. The number of aryl methyl sites for hydroxylation is 1. The molecule has 0 aliphatic carbocycles. The summed E-state index contributed by atoms with van der Waals surface area (Å²) < 4.78 is 17.2. The second-order valence-electron chi connectivity index (χ2n) is 6.48. The van der Waals surface area contributed by atoms with Crippen LogP contribution in [0.3, 0.4) is 0 Å². The van der Waals surface area contributed by atoms with Gasteiger partial charge in [-0.15, -0.1) is 0 Å². The van der Waals surface area contributed by atoms with Gasteiger partial charge in [-0.2, -0.15) is 0 Å². The Morgan fingerprint density at radius 1 is 1.23 bits per heavy atom. The molecule has 0 saturated carbocycles. The van der Waals surface area contributed by atoms with Crippen molar-refractivity contribution in [3.8, 4) is 11.5 Å². The predicted molar refractivity (Wildman–Crippen MR) is 97.3 cm³/mol. The summed E-state index contributed by atoms with van der Waals surface area (Å²) in [6.07, 6.45) is 3.98. The van der Waals surface area contributed by atoms with Crippen LogP contribution in [-0.2, 0) is 9.53 Å². The van der Waals surface area contributed by atoms with E-state index in [2.05, 4.69) is 4.98 Å². The maximum atomic E-state index is 12.4. The topological polar surface area (TPSA) is 60.9 Å². The van der Waals surface area contributed by atoms with Crippen molar-refractivity contribution in [2.45, 2.75) is 18.9 Å². The largest absolute Gasteiger partial charge is 0.490 e. The molecule has 1 aromatic carbocycles. The lowest BCUT2D eigenvalue weighted by atomic mass is 10.0. The molecule has 0 bridgehead atoms. The fourth-order valence-corrected chi connectivity index (χ4v) is 3.00. The van der Waals surface area contributed by atoms with Gasteiger partial charge in [-0.1, -0.05) is 18.2 Å². The Hall–Kier alpha value is -2.60. The third-order valence-electron chi connectivity index (χ3n) is 4.68. The van der Waals surface area contributed by atoms with Crippen LogP contribution in [0.4, 0.5) is 0 Å². The molecule has 26 heavy (non-hydrogen) atoms. The number of para-hydroxylation sites is 1. The molecule has 2 heterocycles. The SMILES string of the molecule is CO[C@@]1(COc2ccccc2C)CCN(C(=O)COc2cccnc2)C1. The number of carbonyl (C=O) groups excluding carboxylic acids is 1. The van der Waals surface area contributed by atoms with Crippen molar-refractivity contribution >= 4 is 5.91 Å². The van der Waals surface area contributed by atoms with Gasteiger partial charge in [0.1, 0.15) is 23.7 Å². The van der Waals surface area contributed by atoms with Gasteiger partial charge in [-0.3, -0.25) is 9.78 Å². The minimum absolute atomic E-state index is 0.00978. The highest BCUT2D eigenvalue weighted by Crippen LogP contribution is 2.27. The van der Waals surface area contributed by atoms with E-state index in [0.717, 1.165) is 17.7 Å². The third-order valence-corrected chi connectivity index (χ3v) is 4.68. The van der Waals surface area contributed by atoms with E-state index in [1.165, 1.54) is 0 Å². The van der Waals surface area contributed by atoms with Crippen LogP contribution in [0.15, 0.2) is 48.8 Å². The molecule has 6 heteroatoms. The Morgan fingerprint density at radius 2 is 2.08 bits per heavy atom. The van der Waals surface area contributed by atoms with Crippen molar-refractivity contribution < 1.29 is 19.0 Å². The van der Waals surface area contributed by atoms with Crippen LogP contribution in [0.5, 0.6) is 11.5 Å². The zero-order valence-electron chi connectivity index (χ0n) is 15.2. The average Bonchev–Trinajstić information content (AvgIpc) is 3.11. The number of pyridine rings is 1. The first kappa shape index (κ1) is 18.2. The molecule has 1 aromatic heterocycles. The minimum Gasteiger partial charge on any atom is -0.490 e. The van der Waals surface area contributed by atoms with E-state index in [-0.39, 0.29) is 12.5 Å². The first-order valence-corrected chi connectivity index (χ1v) is 8.66.